The van der Waals surface area contributed by atoms with Gasteiger partial charge < -0.3 is 14.8 Å². The molecule has 0 radical (unpaired) electrons. The van der Waals surface area contributed by atoms with E-state index >= 15 is 0 Å². The molecule has 2 aromatic rings. The fourth-order valence-electron chi connectivity index (χ4n) is 2.05. The van der Waals surface area contributed by atoms with Crippen LogP contribution in [-0.4, -0.2) is 28.2 Å². The Morgan fingerprint density at radius 3 is 2.60 bits per heavy atom. The Bertz CT molecular complexity index is 734. The first kappa shape index (κ1) is 13.8. The molecule has 0 aliphatic rings. The smallest absolute Gasteiger partial charge is 0.345 e. The standard InChI is InChI=1S/C14H14N2O4/c1-7-5-11(20-3)8(2)4-9(7)12-10(13(17)18)6-15-14(19)16-12/h4-6H,1-3H3,(H,17,18)(H,15,16,19). The van der Waals surface area contributed by atoms with Crippen molar-refractivity contribution in [3.8, 4) is 17.0 Å². The number of carboxylic acids is 1. The van der Waals surface area contributed by atoms with E-state index in [1.165, 1.54) is 0 Å². The van der Waals surface area contributed by atoms with Gasteiger partial charge in [0, 0.05) is 11.8 Å². The Hall–Kier alpha value is -2.63. The van der Waals surface area contributed by atoms with E-state index in [4.69, 9.17) is 4.74 Å². The van der Waals surface area contributed by atoms with E-state index in [2.05, 4.69) is 9.97 Å². The summed E-state index contributed by atoms with van der Waals surface area (Å²) in [7, 11) is 1.57. The largest absolute Gasteiger partial charge is 0.496 e. The zero-order chi connectivity index (χ0) is 14.9. The highest BCUT2D eigenvalue weighted by Crippen LogP contribution is 2.30. The summed E-state index contributed by atoms with van der Waals surface area (Å²) in [5.74, 6) is -0.434. The molecular weight excluding hydrogens is 260 g/mol. The van der Waals surface area contributed by atoms with Crippen molar-refractivity contribution in [2.45, 2.75) is 13.8 Å². The van der Waals surface area contributed by atoms with E-state index in [0.717, 1.165) is 17.3 Å². The van der Waals surface area contributed by atoms with Crippen LogP contribution in [0.4, 0.5) is 0 Å². The minimum Gasteiger partial charge on any atom is -0.496 e. The van der Waals surface area contributed by atoms with Crippen LogP contribution in [0.3, 0.4) is 0 Å². The Morgan fingerprint density at radius 1 is 1.30 bits per heavy atom. The van der Waals surface area contributed by atoms with Gasteiger partial charge in [0.2, 0.25) is 0 Å². The quantitative estimate of drug-likeness (QED) is 0.889. The molecule has 2 rings (SSSR count). The molecule has 0 bridgehead atoms. The highest BCUT2D eigenvalue weighted by atomic mass is 16.5. The molecule has 1 heterocycles. The number of methoxy groups -OCH3 is 1. The number of aromatic nitrogens is 2. The van der Waals surface area contributed by atoms with Gasteiger partial charge in [-0.05, 0) is 37.1 Å². The van der Waals surface area contributed by atoms with E-state index in [1.54, 1.807) is 19.2 Å². The number of rotatable bonds is 3. The first-order chi connectivity index (χ1) is 9.43. The number of nitrogens with one attached hydrogen (secondary N) is 1. The predicted molar refractivity (Wildman–Crippen MR) is 73.3 cm³/mol. The third-order valence-corrected chi connectivity index (χ3v) is 3.05. The maximum atomic E-state index is 11.4. The highest BCUT2D eigenvalue weighted by Gasteiger charge is 2.16. The SMILES string of the molecule is COc1cc(C)c(-c2[nH]c(=O)ncc2C(=O)O)cc1C. The number of carbonyl (C=O) groups is 1. The van der Waals surface area contributed by atoms with Crippen molar-refractivity contribution in [3.63, 3.8) is 0 Å². The van der Waals surface area contributed by atoms with Gasteiger partial charge in [0.1, 0.15) is 11.3 Å². The number of hydrogen-bond donors (Lipinski definition) is 2. The molecule has 0 aliphatic carbocycles. The van der Waals surface area contributed by atoms with Crippen LogP contribution in [-0.2, 0) is 0 Å². The average molecular weight is 274 g/mol. The van der Waals surface area contributed by atoms with E-state index in [9.17, 15) is 14.7 Å². The summed E-state index contributed by atoms with van der Waals surface area (Å²) < 4.78 is 5.22. The molecule has 6 heteroatoms. The molecule has 0 saturated carbocycles. The van der Waals surface area contributed by atoms with E-state index < -0.39 is 11.7 Å². The zero-order valence-electron chi connectivity index (χ0n) is 11.4. The first-order valence-electron chi connectivity index (χ1n) is 5.92. The third kappa shape index (κ3) is 2.40. The Balaban J connectivity index is 2.74. The number of aromatic amines is 1. The molecular formula is C14H14N2O4. The van der Waals surface area contributed by atoms with Crippen LogP contribution in [0.1, 0.15) is 21.5 Å². The monoisotopic (exact) mass is 274 g/mol. The normalized spacial score (nSPS) is 10.3. The number of ether oxygens (including phenoxy) is 1. The lowest BCUT2D eigenvalue weighted by Crippen LogP contribution is -2.15. The van der Waals surface area contributed by atoms with Gasteiger partial charge >= 0.3 is 11.7 Å². The van der Waals surface area contributed by atoms with Crippen LogP contribution in [0.15, 0.2) is 23.1 Å². The second kappa shape index (κ2) is 5.16. The molecule has 0 amide bonds. The van der Waals surface area contributed by atoms with E-state index in [1.807, 2.05) is 13.8 Å². The van der Waals surface area contributed by atoms with Crippen LogP contribution in [0.25, 0.3) is 11.3 Å². The van der Waals surface area contributed by atoms with Crippen molar-refractivity contribution in [1.29, 1.82) is 0 Å². The van der Waals surface area contributed by atoms with Gasteiger partial charge in [0.25, 0.3) is 0 Å². The summed E-state index contributed by atoms with van der Waals surface area (Å²) in [6.45, 7) is 3.67. The summed E-state index contributed by atoms with van der Waals surface area (Å²) in [5.41, 5.74) is 1.91. The lowest BCUT2D eigenvalue weighted by molar-refractivity contribution is 0.0697. The molecule has 2 N–H and O–H groups in total. The van der Waals surface area contributed by atoms with Crippen LogP contribution >= 0.6 is 0 Å². The van der Waals surface area contributed by atoms with E-state index in [0.29, 0.717) is 11.3 Å². The third-order valence-electron chi connectivity index (χ3n) is 3.05. The van der Waals surface area contributed by atoms with Crippen LogP contribution in [0.2, 0.25) is 0 Å². The summed E-state index contributed by atoms with van der Waals surface area (Å²) in [6, 6.07) is 3.58. The lowest BCUT2D eigenvalue weighted by atomic mass is 9.99. The van der Waals surface area contributed by atoms with Crippen molar-refractivity contribution in [2.75, 3.05) is 7.11 Å². The molecule has 0 saturated heterocycles. The molecule has 0 aliphatic heterocycles. The van der Waals surface area contributed by atoms with Gasteiger partial charge in [0.05, 0.1) is 12.8 Å². The van der Waals surface area contributed by atoms with Crippen molar-refractivity contribution in [2.24, 2.45) is 0 Å². The number of hydrogen-bond acceptors (Lipinski definition) is 4. The summed E-state index contributed by atoms with van der Waals surface area (Å²) >= 11 is 0. The lowest BCUT2D eigenvalue weighted by Gasteiger charge is -2.12. The van der Waals surface area contributed by atoms with Crippen LogP contribution in [0.5, 0.6) is 5.75 Å². The average Bonchev–Trinajstić information content (AvgIpc) is 2.40. The fourth-order valence-corrected chi connectivity index (χ4v) is 2.05. The van der Waals surface area contributed by atoms with Gasteiger partial charge in [0.15, 0.2) is 0 Å². The van der Waals surface area contributed by atoms with Crippen molar-refractivity contribution < 1.29 is 14.6 Å². The van der Waals surface area contributed by atoms with Gasteiger partial charge in [-0.3, -0.25) is 0 Å². The number of aryl methyl sites for hydroxylation is 2. The zero-order valence-corrected chi connectivity index (χ0v) is 11.4. The molecule has 0 spiro atoms. The molecule has 0 atom stereocenters. The number of H-pyrrole nitrogens is 1. The Kier molecular flexibility index (Phi) is 3.56. The second-order valence-corrected chi connectivity index (χ2v) is 4.42. The highest BCUT2D eigenvalue weighted by molar-refractivity contribution is 5.94. The molecule has 1 aromatic carbocycles. The number of aromatic carboxylic acids is 1. The summed E-state index contributed by atoms with van der Waals surface area (Å²) in [4.78, 5) is 28.6. The van der Waals surface area contributed by atoms with Crippen LogP contribution < -0.4 is 10.4 Å². The minimum atomic E-state index is -1.14. The maximum absolute atomic E-state index is 11.4. The van der Waals surface area contributed by atoms with Crippen molar-refractivity contribution in [1.82, 2.24) is 9.97 Å². The topological polar surface area (TPSA) is 92.3 Å². The molecule has 0 unspecified atom stereocenters. The van der Waals surface area contributed by atoms with Crippen LogP contribution in [0, 0.1) is 13.8 Å². The van der Waals surface area contributed by atoms with Crippen molar-refractivity contribution >= 4 is 5.97 Å². The van der Waals surface area contributed by atoms with Gasteiger partial charge in [-0.25, -0.2) is 14.6 Å². The van der Waals surface area contributed by atoms with Crippen molar-refractivity contribution in [3.05, 3.63) is 45.5 Å². The summed E-state index contributed by atoms with van der Waals surface area (Å²) in [6.07, 6.45) is 1.06. The summed E-state index contributed by atoms with van der Waals surface area (Å²) in [5, 5.41) is 9.19. The second-order valence-electron chi connectivity index (χ2n) is 4.42. The van der Waals surface area contributed by atoms with E-state index in [-0.39, 0.29) is 11.3 Å². The molecule has 20 heavy (non-hydrogen) atoms. The molecule has 1 aromatic heterocycles. The molecule has 104 valence electrons. The van der Waals surface area contributed by atoms with Gasteiger partial charge in [-0.2, -0.15) is 0 Å². The minimum absolute atomic E-state index is 0.0442. The predicted octanol–water partition coefficient (Wildman–Crippen LogP) is 1.76. The van der Waals surface area contributed by atoms with Gasteiger partial charge in [-0.1, -0.05) is 0 Å². The molecule has 0 fully saturated rings. The fraction of sp³-hybridized carbons (Fsp3) is 0.214. The number of carboxylic acid groups (broad SMARTS) is 1. The van der Waals surface area contributed by atoms with Gasteiger partial charge in [-0.15, -0.1) is 0 Å². The Morgan fingerprint density at radius 2 is 2.00 bits per heavy atom. The number of benzene rings is 1. The number of nitrogens with zero attached hydrogens (tertiary/aromatic N) is 1. The Labute approximate surface area is 115 Å². The maximum Gasteiger partial charge on any atom is 0.345 e. The first-order valence-corrected chi connectivity index (χ1v) is 5.92. The molecule has 6 nitrogen and oxygen atoms in total.